The average Bonchev–Trinajstić information content (AvgIpc) is 2.46. The molecule has 96 valence electrons. The van der Waals surface area contributed by atoms with E-state index >= 15 is 0 Å². The van der Waals surface area contributed by atoms with Gasteiger partial charge in [-0.2, -0.15) is 0 Å². The van der Waals surface area contributed by atoms with Crippen molar-refractivity contribution in [3.8, 4) is 0 Å². The molecule has 0 fully saturated rings. The lowest BCUT2D eigenvalue weighted by Crippen LogP contribution is -2.32. The fraction of sp³-hybridized carbons (Fsp3) is 0.188. The summed E-state index contributed by atoms with van der Waals surface area (Å²) in [5, 5.41) is 3.48. The van der Waals surface area contributed by atoms with Crippen molar-refractivity contribution in [2.24, 2.45) is 5.73 Å². The maximum absolute atomic E-state index is 11.6. The number of hydrogen-bond donors (Lipinski definition) is 2. The molecule has 0 bridgehead atoms. The summed E-state index contributed by atoms with van der Waals surface area (Å²) < 4.78 is 0. The summed E-state index contributed by atoms with van der Waals surface area (Å²) in [5.74, 6) is -0.375. The maximum atomic E-state index is 11.6. The van der Waals surface area contributed by atoms with Crippen LogP contribution in [-0.4, -0.2) is 12.5 Å². The van der Waals surface area contributed by atoms with E-state index in [1.165, 1.54) is 11.1 Å². The summed E-state index contributed by atoms with van der Waals surface area (Å²) in [6, 6.07) is 16.0. The monoisotopic (exact) mass is 252 g/mol. The summed E-state index contributed by atoms with van der Waals surface area (Å²) in [5.41, 5.74) is 9.61. The molecular weight excluding hydrogens is 236 g/mol. The van der Waals surface area contributed by atoms with E-state index in [0.717, 1.165) is 18.5 Å². The number of carbonyl (C=O) groups excluding carboxylic acids is 1. The first-order valence-corrected chi connectivity index (χ1v) is 6.47. The number of rotatable bonds is 2. The number of nitrogens with two attached hydrogens (primary N) is 1. The molecule has 2 aromatic carbocycles. The lowest BCUT2D eigenvalue weighted by molar-refractivity contribution is 0.0999. The van der Waals surface area contributed by atoms with Gasteiger partial charge in [-0.3, -0.25) is 4.79 Å². The fourth-order valence-electron chi connectivity index (χ4n) is 2.76. The Morgan fingerprint density at radius 3 is 2.53 bits per heavy atom. The van der Waals surface area contributed by atoms with E-state index in [4.69, 9.17) is 5.73 Å². The van der Waals surface area contributed by atoms with E-state index in [9.17, 15) is 4.79 Å². The van der Waals surface area contributed by atoms with Gasteiger partial charge in [-0.05, 0) is 29.2 Å². The molecule has 3 heteroatoms. The summed E-state index contributed by atoms with van der Waals surface area (Å²) in [6.45, 7) is 0.911. The summed E-state index contributed by atoms with van der Waals surface area (Å²) in [4.78, 5) is 11.6. The Hall–Kier alpha value is -2.13. The molecule has 1 amide bonds. The van der Waals surface area contributed by atoms with Gasteiger partial charge in [0.15, 0.2) is 0 Å². The van der Waals surface area contributed by atoms with Crippen molar-refractivity contribution in [2.75, 3.05) is 6.54 Å². The molecule has 0 aliphatic carbocycles. The van der Waals surface area contributed by atoms with Crippen molar-refractivity contribution in [1.82, 2.24) is 5.32 Å². The highest BCUT2D eigenvalue weighted by atomic mass is 16.1. The van der Waals surface area contributed by atoms with E-state index in [2.05, 4.69) is 23.5 Å². The number of amides is 1. The summed E-state index contributed by atoms with van der Waals surface area (Å²) in [7, 11) is 0. The van der Waals surface area contributed by atoms with Gasteiger partial charge < -0.3 is 11.1 Å². The van der Waals surface area contributed by atoms with E-state index in [1.54, 1.807) is 6.07 Å². The summed E-state index contributed by atoms with van der Waals surface area (Å²) >= 11 is 0. The molecule has 0 radical (unpaired) electrons. The van der Waals surface area contributed by atoms with Gasteiger partial charge in [-0.25, -0.2) is 0 Å². The first kappa shape index (κ1) is 11.9. The topological polar surface area (TPSA) is 55.1 Å². The maximum Gasteiger partial charge on any atom is 0.249 e. The molecule has 0 spiro atoms. The first-order valence-electron chi connectivity index (χ1n) is 6.47. The second kappa shape index (κ2) is 4.86. The van der Waals surface area contributed by atoms with Crippen LogP contribution in [0.2, 0.25) is 0 Å². The summed E-state index contributed by atoms with van der Waals surface area (Å²) in [6.07, 6.45) is 1.02. The Morgan fingerprint density at radius 1 is 1.05 bits per heavy atom. The molecule has 1 aliphatic heterocycles. The number of hydrogen-bond acceptors (Lipinski definition) is 2. The van der Waals surface area contributed by atoms with Gasteiger partial charge >= 0.3 is 0 Å². The van der Waals surface area contributed by atoms with Crippen molar-refractivity contribution in [1.29, 1.82) is 0 Å². The van der Waals surface area contributed by atoms with Crippen LogP contribution in [0.4, 0.5) is 0 Å². The van der Waals surface area contributed by atoms with Crippen LogP contribution in [-0.2, 0) is 6.42 Å². The minimum absolute atomic E-state index is 0.0497. The minimum Gasteiger partial charge on any atom is -0.366 e. The highest BCUT2D eigenvalue weighted by Crippen LogP contribution is 2.30. The van der Waals surface area contributed by atoms with Crippen LogP contribution in [0.3, 0.4) is 0 Å². The highest BCUT2D eigenvalue weighted by molar-refractivity contribution is 5.94. The number of primary amides is 1. The molecule has 1 aliphatic rings. The van der Waals surface area contributed by atoms with Gasteiger partial charge in [0.25, 0.3) is 0 Å². The molecular formula is C16H16N2O. The second-order valence-corrected chi connectivity index (χ2v) is 4.79. The van der Waals surface area contributed by atoms with Crippen LogP contribution >= 0.6 is 0 Å². The second-order valence-electron chi connectivity index (χ2n) is 4.79. The van der Waals surface area contributed by atoms with Gasteiger partial charge in [0, 0.05) is 12.1 Å². The zero-order valence-electron chi connectivity index (χ0n) is 10.6. The van der Waals surface area contributed by atoms with Crippen molar-refractivity contribution >= 4 is 5.91 Å². The third kappa shape index (κ3) is 2.13. The largest absolute Gasteiger partial charge is 0.366 e. The lowest BCUT2D eigenvalue weighted by Gasteiger charge is -2.28. The van der Waals surface area contributed by atoms with Crippen LogP contribution in [0.15, 0.2) is 48.5 Å². The van der Waals surface area contributed by atoms with Gasteiger partial charge in [-0.15, -0.1) is 0 Å². The van der Waals surface area contributed by atoms with Crippen LogP contribution in [0.1, 0.15) is 33.1 Å². The Balaban J connectivity index is 2.12. The zero-order chi connectivity index (χ0) is 13.2. The van der Waals surface area contributed by atoms with Crippen molar-refractivity contribution in [3.05, 3.63) is 70.8 Å². The number of nitrogens with one attached hydrogen (secondary N) is 1. The van der Waals surface area contributed by atoms with Crippen molar-refractivity contribution in [2.45, 2.75) is 12.5 Å². The van der Waals surface area contributed by atoms with Crippen molar-refractivity contribution < 1.29 is 4.79 Å². The molecule has 0 saturated carbocycles. The van der Waals surface area contributed by atoms with Crippen LogP contribution in [0, 0.1) is 0 Å². The average molecular weight is 252 g/mol. The Bertz CT molecular complexity index is 622. The van der Waals surface area contributed by atoms with Crippen LogP contribution < -0.4 is 11.1 Å². The van der Waals surface area contributed by atoms with E-state index in [-0.39, 0.29) is 11.9 Å². The normalized spacial score (nSPS) is 17.8. The van der Waals surface area contributed by atoms with Crippen molar-refractivity contribution in [3.63, 3.8) is 0 Å². The number of fused-ring (bicyclic) bond motifs is 1. The molecule has 0 saturated heterocycles. The van der Waals surface area contributed by atoms with Crippen LogP contribution in [0.25, 0.3) is 0 Å². The predicted molar refractivity (Wildman–Crippen MR) is 75.0 cm³/mol. The molecule has 1 atom stereocenters. The first-order chi connectivity index (χ1) is 9.27. The molecule has 0 aromatic heterocycles. The molecule has 1 unspecified atom stereocenters. The van der Waals surface area contributed by atoms with Crippen LogP contribution in [0.5, 0.6) is 0 Å². The van der Waals surface area contributed by atoms with E-state index in [0.29, 0.717) is 5.56 Å². The zero-order valence-corrected chi connectivity index (χ0v) is 10.6. The van der Waals surface area contributed by atoms with Gasteiger partial charge in [-0.1, -0.05) is 42.5 Å². The number of benzene rings is 2. The molecule has 3 N–H and O–H groups in total. The SMILES string of the molecule is NC(=O)c1ccccc1C1NCCc2ccccc21. The molecule has 2 aromatic rings. The molecule has 19 heavy (non-hydrogen) atoms. The molecule has 3 nitrogen and oxygen atoms in total. The molecule has 3 rings (SSSR count). The van der Waals surface area contributed by atoms with Gasteiger partial charge in [0.2, 0.25) is 5.91 Å². The Labute approximate surface area is 112 Å². The highest BCUT2D eigenvalue weighted by Gasteiger charge is 2.23. The number of carbonyl (C=O) groups is 1. The third-order valence-electron chi connectivity index (χ3n) is 3.65. The van der Waals surface area contributed by atoms with E-state index in [1.807, 2.05) is 24.3 Å². The smallest absolute Gasteiger partial charge is 0.249 e. The van der Waals surface area contributed by atoms with Gasteiger partial charge in [0.1, 0.15) is 0 Å². The fourth-order valence-corrected chi connectivity index (χ4v) is 2.76. The quantitative estimate of drug-likeness (QED) is 0.859. The van der Waals surface area contributed by atoms with Gasteiger partial charge in [0.05, 0.1) is 6.04 Å². The Morgan fingerprint density at radius 2 is 1.74 bits per heavy atom. The van der Waals surface area contributed by atoms with E-state index < -0.39 is 0 Å². The lowest BCUT2D eigenvalue weighted by atomic mass is 9.87. The standard InChI is InChI=1S/C16H16N2O/c17-16(19)14-8-4-3-7-13(14)15-12-6-2-1-5-11(12)9-10-18-15/h1-8,15,18H,9-10H2,(H2,17,19). The molecule has 1 heterocycles. The third-order valence-corrected chi connectivity index (χ3v) is 3.65. The minimum atomic E-state index is -0.375. The Kier molecular flexibility index (Phi) is 3.05. The predicted octanol–water partition coefficient (Wildman–Crippen LogP) is 2.02.